The van der Waals surface area contributed by atoms with Gasteiger partial charge in [-0.2, -0.15) is 0 Å². The van der Waals surface area contributed by atoms with E-state index in [1.54, 1.807) is 24.3 Å². The first-order valence-electron chi connectivity index (χ1n) is 10.0. The molecule has 0 bridgehead atoms. The monoisotopic (exact) mass is 450 g/mol. The number of thioether (sulfide) groups is 1. The number of carbonyl (C=O) groups is 2. The number of carbonyl (C=O) groups excluding carboxylic acids is 2. The highest BCUT2D eigenvalue weighted by atomic mass is 32.2. The highest BCUT2D eigenvalue weighted by Gasteiger charge is 2.31. The van der Waals surface area contributed by atoms with Crippen LogP contribution in [0.1, 0.15) is 34.6 Å². The molecule has 32 heavy (non-hydrogen) atoms. The van der Waals surface area contributed by atoms with Gasteiger partial charge in [0, 0.05) is 18.1 Å². The Morgan fingerprint density at radius 3 is 2.56 bits per heavy atom. The molecule has 2 amide bonds. The van der Waals surface area contributed by atoms with Gasteiger partial charge in [-0.05, 0) is 30.2 Å². The highest BCUT2D eigenvalue weighted by Crippen LogP contribution is 2.35. The Kier molecular flexibility index (Phi) is 6.27. The van der Waals surface area contributed by atoms with Crippen LogP contribution in [-0.4, -0.2) is 28.4 Å². The molecule has 1 aliphatic rings. The molecule has 0 saturated heterocycles. The van der Waals surface area contributed by atoms with Crippen molar-refractivity contribution in [3.63, 3.8) is 0 Å². The number of anilines is 1. The van der Waals surface area contributed by atoms with Crippen molar-refractivity contribution >= 4 is 29.4 Å². The van der Waals surface area contributed by atoms with Gasteiger partial charge in [-0.1, -0.05) is 53.7 Å². The molecule has 0 saturated carbocycles. The first kappa shape index (κ1) is 21.6. The Labute approximate surface area is 188 Å². The summed E-state index contributed by atoms with van der Waals surface area (Å²) in [6, 6.07) is 15.0. The number of ether oxygens (including phenoxy) is 1. The Morgan fingerprint density at radius 1 is 1.16 bits per heavy atom. The average molecular weight is 451 g/mol. The van der Waals surface area contributed by atoms with Crippen LogP contribution in [0, 0.1) is 6.92 Å². The molecule has 9 heteroatoms. The number of amides is 2. The van der Waals surface area contributed by atoms with E-state index in [-0.39, 0.29) is 30.3 Å². The van der Waals surface area contributed by atoms with Crippen LogP contribution in [0.3, 0.4) is 0 Å². The quantitative estimate of drug-likeness (QED) is 0.375. The van der Waals surface area contributed by atoms with Gasteiger partial charge in [-0.25, -0.2) is 4.98 Å². The summed E-state index contributed by atoms with van der Waals surface area (Å²) >= 11 is 1.40. The number of fused-ring (bicyclic) bond motifs is 1. The van der Waals surface area contributed by atoms with E-state index < -0.39 is 11.8 Å². The average Bonchev–Trinajstić information content (AvgIpc) is 2.77. The van der Waals surface area contributed by atoms with Gasteiger partial charge in [0.1, 0.15) is 11.6 Å². The van der Waals surface area contributed by atoms with Crippen molar-refractivity contribution in [2.75, 3.05) is 11.9 Å². The predicted molar refractivity (Wildman–Crippen MR) is 122 cm³/mol. The van der Waals surface area contributed by atoms with E-state index in [0.717, 1.165) is 11.1 Å². The van der Waals surface area contributed by atoms with E-state index in [2.05, 4.69) is 15.3 Å². The van der Waals surface area contributed by atoms with Gasteiger partial charge in [-0.3, -0.25) is 14.4 Å². The Balaban J connectivity index is 1.56. The summed E-state index contributed by atoms with van der Waals surface area (Å²) in [6.45, 7) is 1.81. The van der Waals surface area contributed by atoms with Gasteiger partial charge in [0.25, 0.3) is 11.5 Å². The number of nitrogens with two attached hydrogens (primary N) is 1. The third-order valence-electron chi connectivity index (χ3n) is 5.09. The molecule has 2 heterocycles. The number of hydrogen-bond donors (Lipinski definition) is 3. The Hall–Kier alpha value is -3.59. The van der Waals surface area contributed by atoms with Crippen LogP contribution in [0.2, 0.25) is 0 Å². The summed E-state index contributed by atoms with van der Waals surface area (Å²) in [5.41, 5.74) is 8.31. The molecule has 164 valence electrons. The summed E-state index contributed by atoms with van der Waals surface area (Å²) in [5, 5.41) is 3.18. The molecule has 4 rings (SSSR count). The van der Waals surface area contributed by atoms with E-state index in [1.165, 1.54) is 17.3 Å². The maximum absolute atomic E-state index is 12.9. The maximum Gasteiger partial charge on any atom is 0.257 e. The van der Waals surface area contributed by atoms with Crippen LogP contribution in [0.4, 0.5) is 5.82 Å². The fourth-order valence-corrected chi connectivity index (χ4v) is 4.31. The maximum atomic E-state index is 12.9. The van der Waals surface area contributed by atoms with Crippen LogP contribution >= 0.6 is 11.8 Å². The van der Waals surface area contributed by atoms with Crippen molar-refractivity contribution in [2.45, 2.75) is 30.2 Å². The molecule has 0 radical (unpaired) electrons. The summed E-state index contributed by atoms with van der Waals surface area (Å²) < 4.78 is 5.27. The smallest absolute Gasteiger partial charge is 0.257 e. The van der Waals surface area contributed by atoms with Crippen LogP contribution in [0.25, 0.3) is 0 Å². The summed E-state index contributed by atoms with van der Waals surface area (Å²) in [4.78, 5) is 43.5. The molecule has 3 aromatic rings. The van der Waals surface area contributed by atoms with Gasteiger partial charge < -0.3 is 20.8 Å². The molecule has 0 unspecified atom stereocenters. The van der Waals surface area contributed by atoms with Gasteiger partial charge in [0.15, 0.2) is 11.8 Å². The fourth-order valence-electron chi connectivity index (χ4n) is 3.49. The second kappa shape index (κ2) is 9.27. The number of nitrogens with one attached hydrogen (secondary N) is 2. The zero-order chi connectivity index (χ0) is 22.7. The third-order valence-corrected chi connectivity index (χ3v) is 6.03. The minimum atomic E-state index is -0.569. The van der Waals surface area contributed by atoms with E-state index in [0.29, 0.717) is 22.2 Å². The summed E-state index contributed by atoms with van der Waals surface area (Å²) in [7, 11) is 0. The number of benzene rings is 2. The lowest BCUT2D eigenvalue weighted by molar-refractivity contribution is -0.120. The van der Waals surface area contributed by atoms with Crippen LogP contribution in [0.15, 0.2) is 58.5 Å². The molecular formula is C23H22N4O4S. The SMILES string of the molecule is Cc1ccc(CSc2nc3c(c(=O)[nH]2)[C@@H](c2ccc(OCC(N)=O)cc2)CC(=O)N3)cc1. The van der Waals surface area contributed by atoms with Crippen LogP contribution in [-0.2, 0) is 15.3 Å². The lowest BCUT2D eigenvalue weighted by atomic mass is 9.87. The normalized spacial score (nSPS) is 15.0. The van der Waals surface area contributed by atoms with Crippen molar-refractivity contribution in [3.05, 3.63) is 81.1 Å². The molecule has 4 N–H and O–H groups in total. The molecule has 0 fully saturated rings. The fraction of sp³-hybridized carbons (Fsp3) is 0.217. The minimum Gasteiger partial charge on any atom is -0.484 e. The topological polar surface area (TPSA) is 127 Å². The number of nitrogens with zero attached hydrogens (tertiary/aromatic N) is 1. The summed E-state index contributed by atoms with van der Waals surface area (Å²) in [5.74, 6) is 0.200. The van der Waals surface area contributed by atoms with E-state index in [1.807, 2.05) is 31.2 Å². The molecule has 1 aliphatic heterocycles. The zero-order valence-electron chi connectivity index (χ0n) is 17.4. The number of rotatable bonds is 7. The first-order chi connectivity index (χ1) is 15.4. The summed E-state index contributed by atoms with van der Waals surface area (Å²) in [6.07, 6.45) is 0.134. The lowest BCUT2D eigenvalue weighted by Gasteiger charge is -2.24. The molecule has 1 aromatic heterocycles. The molecule has 1 atom stereocenters. The largest absolute Gasteiger partial charge is 0.484 e. The standard InChI is InChI=1S/C23H22N4O4S/c1-13-2-4-14(5-3-13)12-32-23-26-21-20(22(30)27-23)17(10-19(29)25-21)15-6-8-16(9-7-15)31-11-18(24)28/h2-9,17H,10-12H2,1H3,(H2,24,28)(H2,25,26,27,29,30)/t17-/m1/s1. The molecular weight excluding hydrogens is 428 g/mol. The van der Waals surface area contributed by atoms with Gasteiger partial charge in [0.2, 0.25) is 5.91 Å². The predicted octanol–water partition coefficient (Wildman–Crippen LogP) is 2.71. The second-order valence-corrected chi connectivity index (χ2v) is 8.50. The molecule has 0 spiro atoms. The number of hydrogen-bond acceptors (Lipinski definition) is 6. The Bertz CT molecular complexity index is 1210. The van der Waals surface area contributed by atoms with Crippen molar-refractivity contribution in [3.8, 4) is 5.75 Å². The molecule has 8 nitrogen and oxygen atoms in total. The van der Waals surface area contributed by atoms with Crippen molar-refractivity contribution in [1.29, 1.82) is 0 Å². The number of aryl methyl sites for hydroxylation is 1. The van der Waals surface area contributed by atoms with Crippen molar-refractivity contribution in [1.82, 2.24) is 9.97 Å². The highest BCUT2D eigenvalue weighted by molar-refractivity contribution is 7.98. The van der Waals surface area contributed by atoms with Gasteiger partial charge >= 0.3 is 0 Å². The molecule has 2 aromatic carbocycles. The van der Waals surface area contributed by atoms with Gasteiger partial charge in [-0.15, -0.1) is 0 Å². The zero-order valence-corrected chi connectivity index (χ0v) is 18.2. The van der Waals surface area contributed by atoms with Crippen molar-refractivity contribution in [2.24, 2.45) is 5.73 Å². The van der Waals surface area contributed by atoms with E-state index in [9.17, 15) is 14.4 Å². The lowest BCUT2D eigenvalue weighted by Crippen LogP contribution is -2.31. The van der Waals surface area contributed by atoms with Gasteiger partial charge in [0.05, 0.1) is 5.56 Å². The van der Waals surface area contributed by atoms with Crippen LogP contribution < -0.4 is 21.3 Å². The second-order valence-electron chi connectivity index (χ2n) is 7.54. The number of primary amides is 1. The Morgan fingerprint density at radius 2 is 1.88 bits per heavy atom. The number of H-pyrrole nitrogens is 1. The molecule has 0 aliphatic carbocycles. The van der Waals surface area contributed by atoms with E-state index >= 15 is 0 Å². The van der Waals surface area contributed by atoms with Crippen LogP contribution in [0.5, 0.6) is 5.75 Å². The van der Waals surface area contributed by atoms with Crippen molar-refractivity contribution < 1.29 is 14.3 Å². The van der Waals surface area contributed by atoms with E-state index in [4.69, 9.17) is 10.5 Å². The number of aromatic nitrogens is 2. The first-order valence-corrected chi connectivity index (χ1v) is 11.0. The number of aromatic amines is 1. The third kappa shape index (κ3) is 5.00. The minimum absolute atomic E-state index is 0.134.